The lowest BCUT2D eigenvalue weighted by molar-refractivity contribution is 0.582. The van der Waals surface area contributed by atoms with Crippen LogP contribution >= 0.6 is 0 Å². The molecule has 0 saturated heterocycles. The summed E-state index contributed by atoms with van der Waals surface area (Å²) in [5.74, 6) is 0.863. The Labute approximate surface area is 411 Å². The Hall–Kier alpha value is -6.91. The standard InChI is InChI=1S/C63H64N4/c1-40-22-16-17-25-50(40)59-43(4)41(2)42(3)58(44-23-14-13-15-24-44)60(59)66-39-65(54-28-20-21-29-55(54)66)49-35-47(62(8,9)10)34-48(36-49)63(11,12)46-30-31-52-51-26-18-19-27-53(51)67(56(52)37-46)57-38-45(32-33-64-57)61(5,6)7/h13-38H,39H2,1-12H3/i13D,14D,15D,16D,17D,22D,23D,24D,25D. The Balaban J connectivity index is 1.21. The SMILES string of the molecule is [2H]c1c([2H])c([2H])c(-c2c(C)c(C)c(C)c(-c3c([2H])c([2H])c([2H])c([2H])c3C)c2N2CN(c3cc(C(C)(C)C)cc(C(C)(C)c4ccc5c6ccccc6n(-c6cc(C(C)(C)C)ccn6)c5c4)c3)c3ccccc32)c([2H])c1[2H]. The van der Waals surface area contributed by atoms with Gasteiger partial charge in [0, 0.05) is 39.2 Å². The molecule has 0 atom stereocenters. The highest BCUT2D eigenvalue weighted by Crippen LogP contribution is 2.54. The number of hydrogen-bond donors (Lipinski definition) is 0. The van der Waals surface area contributed by atoms with Crippen LogP contribution in [0.4, 0.5) is 22.7 Å². The van der Waals surface area contributed by atoms with Gasteiger partial charge in [0.1, 0.15) is 12.5 Å². The van der Waals surface area contributed by atoms with Crippen LogP contribution in [0, 0.1) is 27.7 Å². The van der Waals surface area contributed by atoms with E-state index >= 15 is 0 Å². The van der Waals surface area contributed by atoms with Gasteiger partial charge >= 0.3 is 0 Å². The van der Waals surface area contributed by atoms with Gasteiger partial charge in [-0.2, -0.15) is 0 Å². The number of pyridine rings is 1. The van der Waals surface area contributed by atoms with Gasteiger partial charge in [-0.05, 0) is 143 Å². The van der Waals surface area contributed by atoms with Crippen molar-refractivity contribution in [1.82, 2.24) is 9.55 Å². The first-order chi connectivity index (χ1) is 35.7. The normalized spacial score (nSPS) is 15.1. The first kappa shape index (κ1) is 34.4. The molecule has 4 heteroatoms. The van der Waals surface area contributed by atoms with Crippen molar-refractivity contribution in [2.45, 2.75) is 99.3 Å². The highest BCUT2D eigenvalue weighted by Gasteiger charge is 2.35. The third-order valence-corrected chi connectivity index (χ3v) is 14.3. The number of nitrogens with zero attached hydrogens (tertiary/aromatic N) is 4. The van der Waals surface area contributed by atoms with Crippen LogP contribution in [-0.4, -0.2) is 16.2 Å². The van der Waals surface area contributed by atoms with Gasteiger partial charge in [0.15, 0.2) is 0 Å². The summed E-state index contributed by atoms with van der Waals surface area (Å²) in [6.45, 7) is 25.5. The average molecular weight is 886 g/mol. The van der Waals surface area contributed by atoms with Gasteiger partial charge in [-0.25, -0.2) is 4.98 Å². The van der Waals surface area contributed by atoms with Gasteiger partial charge in [-0.15, -0.1) is 0 Å². The number of rotatable bonds is 7. The van der Waals surface area contributed by atoms with Crippen LogP contribution in [0.15, 0.2) is 158 Å². The molecule has 0 aliphatic carbocycles. The highest BCUT2D eigenvalue weighted by atomic mass is 15.4. The molecule has 0 fully saturated rings. The molecule has 1 aliphatic rings. The van der Waals surface area contributed by atoms with E-state index in [1.54, 1.807) is 6.92 Å². The van der Waals surface area contributed by atoms with E-state index in [1.165, 1.54) is 5.56 Å². The van der Waals surface area contributed by atoms with E-state index in [4.69, 9.17) is 13.2 Å². The largest absolute Gasteiger partial charge is 0.321 e. The predicted octanol–water partition coefficient (Wildman–Crippen LogP) is 16.9. The van der Waals surface area contributed by atoms with Crippen molar-refractivity contribution < 1.29 is 12.3 Å². The van der Waals surface area contributed by atoms with Crippen molar-refractivity contribution in [2.75, 3.05) is 16.5 Å². The van der Waals surface area contributed by atoms with Gasteiger partial charge in [-0.3, -0.25) is 4.57 Å². The number of aromatic nitrogens is 2. The van der Waals surface area contributed by atoms with Crippen molar-refractivity contribution in [3.8, 4) is 28.1 Å². The van der Waals surface area contributed by atoms with Crippen molar-refractivity contribution >= 4 is 44.6 Å². The molecule has 0 bridgehead atoms. The van der Waals surface area contributed by atoms with Crippen molar-refractivity contribution in [1.29, 1.82) is 0 Å². The average Bonchev–Trinajstić information content (AvgIpc) is 3.98. The van der Waals surface area contributed by atoms with Crippen molar-refractivity contribution in [3.63, 3.8) is 0 Å². The molecule has 0 spiro atoms. The monoisotopic (exact) mass is 886 g/mol. The Bertz CT molecular complexity index is 3760. The lowest BCUT2D eigenvalue weighted by Crippen LogP contribution is -2.27. The molecule has 0 saturated carbocycles. The number of benzene rings is 7. The highest BCUT2D eigenvalue weighted by molar-refractivity contribution is 6.09. The van der Waals surface area contributed by atoms with E-state index in [-0.39, 0.29) is 59.3 Å². The number of para-hydroxylation sites is 3. The van der Waals surface area contributed by atoms with Crippen molar-refractivity contribution in [3.05, 3.63) is 202 Å². The van der Waals surface area contributed by atoms with Crippen LogP contribution in [-0.2, 0) is 16.2 Å². The van der Waals surface area contributed by atoms with Gasteiger partial charge in [0.25, 0.3) is 0 Å². The molecule has 67 heavy (non-hydrogen) atoms. The van der Waals surface area contributed by atoms with Crippen LogP contribution in [0.5, 0.6) is 0 Å². The fraction of sp³-hybridized carbons (Fsp3) is 0.254. The third-order valence-electron chi connectivity index (χ3n) is 14.3. The first-order valence-electron chi connectivity index (χ1n) is 27.8. The molecule has 4 nitrogen and oxygen atoms in total. The molecular formula is C63H64N4. The van der Waals surface area contributed by atoms with Gasteiger partial charge in [0.05, 0.1) is 40.4 Å². The quantitative estimate of drug-likeness (QED) is 0.159. The van der Waals surface area contributed by atoms with E-state index in [1.807, 2.05) is 45.2 Å². The smallest absolute Gasteiger partial charge is 0.137 e. The number of fused-ring (bicyclic) bond motifs is 4. The predicted molar refractivity (Wildman–Crippen MR) is 286 cm³/mol. The zero-order valence-electron chi connectivity index (χ0n) is 49.8. The summed E-state index contributed by atoms with van der Waals surface area (Å²) in [5, 5.41) is 2.29. The minimum absolute atomic E-state index is 0.0183. The summed E-state index contributed by atoms with van der Waals surface area (Å²) in [4.78, 5) is 9.32. The third kappa shape index (κ3) is 7.42. The minimum Gasteiger partial charge on any atom is -0.321 e. The van der Waals surface area contributed by atoms with Gasteiger partial charge < -0.3 is 9.80 Å². The fourth-order valence-electron chi connectivity index (χ4n) is 9.99. The van der Waals surface area contributed by atoms with E-state index in [0.717, 1.165) is 72.5 Å². The minimum atomic E-state index is -0.536. The molecule has 0 radical (unpaired) electrons. The lowest BCUT2D eigenvalue weighted by atomic mass is 9.75. The maximum atomic E-state index is 9.49. The zero-order chi connectivity index (χ0) is 55.0. The van der Waals surface area contributed by atoms with Crippen LogP contribution in [0.3, 0.4) is 0 Å². The molecule has 9 aromatic rings. The summed E-state index contributed by atoms with van der Waals surface area (Å²) in [7, 11) is 0. The Morgan fingerprint density at radius 3 is 1.88 bits per heavy atom. The second kappa shape index (κ2) is 16.2. The summed E-state index contributed by atoms with van der Waals surface area (Å²) in [6, 6.07) is 31.2. The maximum absolute atomic E-state index is 9.49. The summed E-state index contributed by atoms with van der Waals surface area (Å²) in [6.07, 6.45) is 1.91. The fourth-order valence-corrected chi connectivity index (χ4v) is 9.99. The van der Waals surface area contributed by atoms with E-state index in [0.29, 0.717) is 33.5 Å². The van der Waals surface area contributed by atoms with Gasteiger partial charge in [-0.1, -0.05) is 158 Å². The van der Waals surface area contributed by atoms with Crippen LogP contribution in [0.2, 0.25) is 0 Å². The van der Waals surface area contributed by atoms with Crippen LogP contribution in [0.1, 0.15) is 112 Å². The van der Waals surface area contributed by atoms with Crippen molar-refractivity contribution in [2.24, 2.45) is 0 Å². The van der Waals surface area contributed by atoms with Gasteiger partial charge in [0.2, 0.25) is 0 Å². The summed E-state index contributed by atoms with van der Waals surface area (Å²) >= 11 is 0. The molecule has 10 rings (SSSR count). The Kier molecular flexibility index (Phi) is 8.30. The zero-order valence-corrected chi connectivity index (χ0v) is 40.8. The molecular weight excluding hydrogens is 813 g/mol. The number of hydrogen-bond acceptors (Lipinski definition) is 3. The van der Waals surface area contributed by atoms with E-state index in [2.05, 4.69) is 149 Å². The molecule has 7 aromatic carbocycles. The molecule has 0 unspecified atom stereocenters. The second-order valence-corrected chi connectivity index (χ2v) is 20.8. The first-order valence-corrected chi connectivity index (χ1v) is 23.3. The molecule has 3 heterocycles. The molecule has 336 valence electrons. The van der Waals surface area contributed by atoms with Crippen LogP contribution < -0.4 is 9.80 Å². The molecule has 2 aromatic heterocycles. The summed E-state index contributed by atoms with van der Waals surface area (Å²) < 4.78 is 83.5. The molecule has 0 amide bonds. The van der Waals surface area contributed by atoms with E-state index < -0.39 is 23.5 Å². The molecule has 1 aliphatic heterocycles. The topological polar surface area (TPSA) is 24.3 Å². The Morgan fingerprint density at radius 1 is 0.522 bits per heavy atom. The van der Waals surface area contributed by atoms with E-state index in [9.17, 15) is 4.11 Å². The number of anilines is 4. The summed E-state index contributed by atoms with van der Waals surface area (Å²) in [5.41, 5.74) is 12.6. The maximum Gasteiger partial charge on any atom is 0.137 e. The van der Waals surface area contributed by atoms with Crippen LogP contribution in [0.25, 0.3) is 49.9 Å². The second-order valence-electron chi connectivity index (χ2n) is 20.8. The lowest BCUT2D eigenvalue weighted by Gasteiger charge is -2.33. The Morgan fingerprint density at radius 2 is 1.15 bits per heavy atom. The molecule has 0 N–H and O–H groups in total.